The number of H-pyrrole nitrogens is 1. The number of amides is 1. The summed E-state index contributed by atoms with van der Waals surface area (Å²) in [4.78, 5) is 19.7. The molecular formula is C20H30N6O. The SMILES string of the molecule is CC(C)n1ccnc1CN1CCC[C@H](NC(=O)c2n[nH]c3c2CCC3)CC1. The highest BCUT2D eigenvalue weighted by Gasteiger charge is 2.26. The lowest BCUT2D eigenvalue weighted by Crippen LogP contribution is -2.36. The number of carbonyl (C=O) groups is 1. The van der Waals surface area contributed by atoms with Gasteiger partial charge in [0.25, 0.3) is 5.91 Å². The minimum Gasteiger partial charge on any atom is -0.348 e. The second-order valence-corrected chi connectivity index (χ2v) is 8.10. The third kappa shape index (κ3) is 3.93. The van der Waals surface area contributed by atoms with Crippen LogP contribution in [0.1, 0.15) is 73.1 Å². The molecule has 4 rings (SSSR count). The summed E-state index contributed by atoms with van der Waals surface area (Å²) >= 11 is 0. The van der Waals surface area contributed by atoms with E-state index < -0.39 is 0 Å². The third-order valence-corrected chi connectivity index (χ3v) is 5.85. The molecule has 146 valence electrons. The molecule has 2 aromatic heterocycles. The van der Waals surface area contributed by atoms with E-state index in [0.717, 1.165) is 75.2 Å². The summed E-state index contributed by atoms with van der Waals surface area (Å²) in [6.07, 6.45) is 10.1. The fourth-order valence-electron chi connectivity index (χ4n) is 4.36. The van der Waals surface area contributed by atoms with Crippen LogP contribution in [-0.4, -0.2) is 49.7 Å². The van der Waals surface area contributed by atoms with E-state index in [1.165, 1.54) is 0 Å². The van der Waals surface area contributed by atoms with Crippen LogP contribution >= 0.6 is 0 Å². The maximum absolute atomic E-state index is 12.7. The first-order valence-corrected chi connectivity index (χ1v) is 10.2. The molecule has 1 amide bonds. The lowest BCUT2D eigenvalue weighted by Gasteiger charge is -2.21. The molecule has 0 saturated carbocycles. The van der Waals surface area contributed by atoms with E-state index in [1.54, 1.807) is 0 Å². The van der Waals surface area contributed by atoms with Gasteiger partial charge in [-0.1, -0.05) is 0 Å². The molecule has 0 aromatic carbocycles. The normalized spacial score (nSPS) is 20.6. The number of hydrogen-bond acceptors (Lipinski definition) is 4. The Kier molecular flexibility index (Phi) is 5.29. The summed E-state index contributed by atoms with van der Waals surface area (Å²) in [5.41, 5.74) is 2.89. The van der Waals surface area contributed by atoms with Crippen molar-refractivity contribution < 1.29 is 4.79 Å². The number of carbonyl (C=O) groups excluding carboxylic acids is 1. The highest BCUT2D eigenvalue weighted by molar-refractivity contribution is 5.94. The van der Waals surface area contributed by atoms with Crippen molar-refractivity contribution in [1.82, 2.24) is 30.0 Å². The van der Waals surface area contributed by atoms with Crippen molar-refractivity contribution in [3.8, 4) is 0 Å². The quantitative estimate of drug-likeness (QED) is 0.847. The molecule has 0 radical (unpaired) electrons. The molecule has 0 spiro atoms. The lowest BCUT2D eigenvalue weighted by molar-refractivity contribution is 0.0927. The number of fused-ring (bicyclic) bond motifs is 1. The maximum Gasteiger partial charge on any atom is 0.272 e. The lowest BCUT2D eigenvalue weighted by atomic mass is 10.1. The predicted molar refractivity (Wildman–Crippen MR) is 104 cm³/mol. The molecular weight excluding hydrogens is 340 g/mol. The molecule has 27 heavy (non-hydrogen) atoms. The van der Waals surface area contributed by atoms with Crippen molar-refractivity contribution in [2.75, 3.05) is 13.1 Å². The fraction of sp³-hybridized carbons (Fsp3) is 0.650. The van der Waals surface area contributed by atoms with Crippen molar-refractivity contribution in [3.63, 3.8) is 0 Å². The molecule has 1 aliphatic carbocycles. The first kappa shape index (κ1) is 18.2. The molecule has 0 bridgehead atoms. The third-order valence-electron chi connectivity index (χ3n) is 5.85. The number of imidazole rings is 1. The van der Waals surface area contributed by atoms with Crippen LogP contribution < -0.4 is 5.32 Å². The van der Waals surface area contributed by atoms with E-state index in [2.05, 4.69) is 50.0 Å². The Morgan fingerprint density at radius 1 is 1.30 bits per heavy atom. The predicted octanol–water partition coefficient (Wildman–Crippen LogP) is 2.46. The van der Waals surface area contributed by atoms with Crippen molar-refractivity contribution in [2.45, 2.75) is 71.0 Å². The molecule has 3 heterocycles. The monoisotopic (exact) mass is 370 g/mol. The van der Waals surface area contributed by atoms with E-state index in [9.17, 15) is 4.79 Å². The van der Waals surface area contributed by atoms with E-state index in [1.807, 2.05) is 6.20 Å². The summed E-state index contributed by atoms with van der Waals surface area (Å²) in [6, 6.07) is 0.651. The Hall–Kier alpha value is -2.15. The molecule has 2 N–H and O–H groups in total. The van der Waals surface area contributed by atoms with Gasteiger partial charge in [-0.15, -0.1) is 0 Å². The first-order chi connectivity index (χ1) is 13.1. The summed E-state index contributed by atoms with van der Waals surface area (Å²) < 4.78 is 2.24. The van der Waals surface area contributed by atoms with Crippen LogP contribution in [0.4, 0.5) is 0 Å². The number of aromatic nitrogens is 4. The van der Waals surface area contributed by atoms with E-state index >= 15 is 0 Å². The van der Waals surface area contributed by atoms with Crippen LogP contribution in [0.5, 0.6) is 0 Å². The Labute approximate surface area is 160 Å². The van der Waals surface area contributed by atoms with Gasteiger partial charge in [-0.2, -0.15) is 5.10 Å². The Bertz CT molecular complexity index is 792. The number of aromatic amines is 1. The van der Waals surface area contributed by atoms with Crippen molar-refractivity contribution in [3.05, 3.63) is 35.2 Å². The minimum absolute atomic E-state index is 0.0109. The first-order valence-electron chi connectivity index (χ1n) is 10.2. The zero-order valence-corrected chi connectivity index (χ0v) is 16.4. The number of hydrogen-bond donors (Lipinski definition) is 2. The Morgan fingerprint density at radius 2 is 2.19 bits per heavy atom. The number of aryl methyl sites for hydroxylation is 1. The number of nitrogens with one attached hydrogen (secondary N) is 2. The Morgan fingerprint density at radius 3 is 3.04 bits per heavy atom. The zero-order chi connectivity index (χ0) is 18.8. The maximum atomic E-state index is 12.7. The summed E-state index contributed by atoms with van der Waals surface area (Å²) in [7, 11) is 0. The summed E-state index contributed by atoms with van der Waals surface area (Å²) in [5.74, 6) is 1.11. The van der Waals surface area contributed by atoms with Gasteiger partial charge >= 0.3 is 0 Å². The van der Waals surface area contributed by atoms with E-state index in [0.29, 0.717) is 11.7 Å². The smallest absolute Gasteiger partial charge is 0.272 e. The Balaban J connectivity index is 1.33. The second kappa shape index (κ2) is 7.84. The van der Waals surface area contributed by atoms with Gasteiger partial charge in [0, 0.05) is 42.3 Å². The highest BCUT2D eigenvalue weighted by Crippen LogP contribution is 2.23. The average Bonchev–Trinajstić information content (AvgIpc) is 3.32. The van der Waals surface area contributed by atoms with Crippen LogP contribution in [0, 0.1) is 0 Å². The van der Waals surface area contributed by atoms with Crippen LogP contribution in [0.25, 0.3) is 0 Å². The fourth-order valence-corrected chi connectivity index (χ4v) is 4.36. The van der Waals surface area contributed by atoms with Crippen molar-refractivity contribution in [1.29, 1.82) is 0 Å². The van der Waals surface area contributed by atoms with Gasteiger partial charge in [-0.25, -0.2) is 4.98 Å². The molecule has 1 fully saturated rings. The number of nitrogens with zero attached hydrogens (tertiary/aromatic N) is 4. The molecule has 0 unspecified atom stereocenters. The second-order valence-electron chi connectivity index (χ2n) is 8.10. The van der Waals surface area contributed by atoms with Crippen LogP contribution in [-0.2, 0) is 19.4 Å². The molecule has 1 saturated heterocycles. The number of likely N-dealkylation sites (tertiary alicyclic amines) is 1. The van der Waals surface area contributed by atoms with Gasteiger partial charge in [0.2, 0.25) is 0 Å². The van der Waals surface area contributed by atoms with Crippen LogP contribution in [0.15, 0.2) is 12.4 Å². The van der Waals surface area contributed by atoms with Crippen LogP contribution in [0.3, 0.4) is 0 Å². The van der Waals surface area contributed by atoms with Gasteiger partial charge in [-0.05, 0) is 58.9 Å². The molecule has 1 atom stereocenters. The standard InChI is InChI=1S/C20H30N6O/c1-14(2)26-12-9-21-18(26)13-25-10-4-5-15(8-11-25)22-20(27)19-16-6-3-7-17(16)23-24-19/h9,12,14-15H,3-8,10-11,13H2,1-2H3,(H,22,27)(H,23,24)/t15-/m0/s1. The van der Waals surface area contributed by atoms with Crippen molar-refractivity contribution >= 4 is 5.91 Å². The van der Waals surface area contributed by atoms with Gasteiger partial charge in [-0.3, -0.25) is 14.8 Å². The zero-order valence-electron chi connectivity index (χ0n) is 16.4. The highest BCUT2D eigenvalue weighted by atomic mass is 16.2. The van der Waals surface area contributed by atoms with Gasteiger partial charge < -0.3 is 9.88 Å². The van der Waals surface area contributed by atoms with Gasteiger partial charge in [0.1, 0.15) is 5.82 Å². The molecule has 7 heteroatoms. The topological polar surface area (TPSA) is 78.8 Å². The summed E-state index contributed by atoms with van der Waals surface area (Å²) in [6.45, 7) is 7.28. The molecule has 2 aliphatic rings. The van der Waals surface area contributed by atoms with Gasteiger partial charge in [0.05, 0.1) is 6.54 Å². The summed E-state index contributed by atoms with van der Waals surface area (Å²) in [5, 5.41) is 10.5. The number of rotatable bonds is 5. The van der Waals surface area contributed by atoms with E-state index in [-0.39, 0.29) is 11.9 Å². The molecule has 7 nitrogen and oxygen atoms in total. The van der Waals surface area contributed by atoms with E-state index in [4.69, 9.17) is 0 Å². The largest absolute Gasteiger partial charge is 0.348 e. The average molecular weight is 371 g/mol. The minimum atomic E-state index is -0.0109. The molecule has 2 aromatic rings. The van der Waals surface area contributed by atoms with Gasteiger partial charge in [0.15, 0.2) is 5.69 Å². The van der Waals surface area contributed by atoms with Crippen LogP contribution in [0.2, 0.25) is 0 Å². The van der Waals surface area contributed by atoms with Crippen molar-refractivity contribution in [2.24, 2.45) is 0 Å². The molecule has 1 aliphatic heterocycles.